The predicted octanol–water partition coefficient (Wildman–Crippen LogP) is 1.84. The highest BCUT2D eigenvalue weighted by Gasteiger charge is 2.50. The number of rotatable bonds is 3. The van der Waals surface area contributed by atoms with Crippen molar-refractivity contribution in [1.29, 1.82) is 0 Å². The quantitative estimate of drug-likeness (QED) is 0.846. The van der Waals surface area contributed by atoms with Crippen LogP contribution in [0.2, 0.25) is 0 Å². The van der Waals surface area contributed by atoms with Gasteiger partial charge in [-0.15, -0.1) is 0 Å². The summed E-state index contributed by atoms with van der Waals surface area (Å²) in [6.45, 7) is 1.96. The van der Waals surface area contributed by atoms with E-state index in [0.29, 0.717) is 19.1 Å². The zero-order valence-corrected chi connectivity index (χ0v) is 11.5. The maximum absolute atomic E-state index is 11.5. The van der Waals surface area contributed by atoms with E-state index in [-0.39, 0.29) is 12.1 Å². The second-order valence-corrected chi connectivity index (χ2v) is 7.23. The highest BCUT2D eigenvalue weighted by molar-refractivity contribution is 5.69. The average Bonchev–Trinajstić information content (AvgIpc) is 2.73. The second-order valence-electron chi connectivity index (χ2n) is 7.23. The van der Waals surface area contributed by atoms with Crippen LogP contribution in [0.5, 0.6) is 0 Å². The number of cyclic esters (lactones) is 1. The van der Waals surface area contributed by atoms with Crippen molar-refractivity contribution in [1.82, 2.24) is 4.90 Å². The zero-order chi connectivity index (χ0) is 13.0. The number of ether oxygens (including phenoxy) is 1. The Morgan fingerprint density at radius 3 is 2.32 bits per heavy atom. The standard InChI is InChI=1S/C15H24N2O2/c16-13(8-17-1-2-19-15(17)18)14-11-4-9-3-10(6-11)7-12(14)5-9/h9-14H,1-8,16H2. The van der Waals surface area contributed by atoms with E-state index in [1.165, 1.54) is 32.1 Å². The Labute approximate surface area is 114 Å². The molecule has 4 aliphatic carbocycles. The summed E-state index contributed by atoms with van der Waals surface area (Å²) in [7, 11) is 0. The molecule has 5 fully saturated rings. The maximum Gasteiger partial charge on any atom is 0.409 e. The molecule has 1 amide bonds. The summed E-state index contributed by atoms with van der Waals surface area (Å²) >= 11 is 0. The van der Waals surface area contributed by atoms with Gasteiger partial charge in [0.05, 0.1) is 6.54 Å². The van der Waals surface area contributed by atoms with Crippen molar-refractivity contribution in [2.75, 3.05) is 19.7 Å². The molecule has 4 heteroatoms. The van der Waals surface area contributed by atoms with Gasteiger partial charge in [0.15, 0.2) is 0 Å². The van der Waals surface area contributed by atoms with E-state index in [9.17, 15) is 4.79 Å². The Kier molecular flexibility index (Phi) is 2.76. The van der Waals surface area contributed by atoms with Crippen LogP contribution in [0.25, 0.3) is 0 Å². The van der Waals surface area contributed by atoms with Crippen molar-refractivity contribution in [2.45, 2.75) is 38.1 Å². The van der Waals surface area contributed by atoms with Crippen LogP contribution in [0.1, 0.15) is 32.1 Å². The van der Waals surface area contributed by atoms with Crippen molar-refractivity contribution in [3.8, 4) is 0 Å². The summed E-state index contributed by atoms with van der Waals surface area (Å²) in [4.78, 5) is 13.3. The Bertz CT molecular complexity index is 356. The van der Waals surface area contributed by atoms with Gasteiger partial charge in [-0.2, -0.15) is 0 Å². The van der Waals surface area contributed by atoms with Crippen LogP contribution in [-0.4, -0.2) is 36.7 Å². The first kappa shape index (κ1) is 12.0. The third-order valence-electron chi connectivity index (χ3n) is 6.07. The van der Waals surface area contributed by atoms with Crippen LogP contribution >= 0.6 is 0 Å². The smallest absolute Gasteiger partial charge is 0.409 e. The van der Waals surface area contributed by atoms with Gasteiger partial charge in [0.2, 0.25) is 0 Å². The van der Waals surface area contributed by atoms with Crippen molar-refractivity contribution in [3.05, 3.63) is 0 Å². The molecular formula is C15H24N2O2. The summed E-state index contributed by atoms with van der Waals surface area (Å²) < 4.78 is 5.00. The predicted molar refractivity (Wildman–Crippen MR) is 71.4 cm³/mol. The van der Waals surface area contributed by atoms with Crippen molar-refractivity contribution >= 4 is 6.09 Å². The van der Waals surface area contributed by atoms with Crippen LogP contribution in [0.4, 0.5) is 4.79 Å². The minimum Gasteiger partial charge on any atom is -0.448 e. The van der Waals surface area contributed by atoms with Crippen LogP contribution in [0.15, 0.2) is 0 Å². The number of nitrogens with zero attached hydrogens (tertiary/aromatic N) is 1. The Hall–Kier alpha value is -0.770. The van der Waals surface area contributed by atoms with E-state index in [4.69, 9.17) is 10.5 Å². The molecule has 0 aromatic carbocycles. The maximum atomic E-state index is 11.5. The SMILES string of the molecule is NC(CN1CCOC1=O)C1C2CC3CC(C2)CC1C3. The van der Waals surface area contributed by atoms with Gasteiger partial charge in [-0.3, -0.25) is 0 Å². The Morgan fingerprint density at radius 2 is 1.79 bits per heavy atom. The second kappa shape index (κ2) is 4.37. The number of amides is 1. The lowest BCUT2D eigenvalue weighted by Gasteiger charge is -2.56. The molecule has 0 spiro atoms. The van der Waals surface area contributed by atoms with Crippen LogP contribution in [-0.2, 0) is 4.74 Å². The first-order valence-electron chi connectivity index (χ1n) is 7.88. The number of hydrogen-bond donors (Lipinski definition) is 1. The van der Waals surface area contributed by atoms with E-state index in [1.807, 2.05) is 0 Å². The molecule has 4 bridgehead atoms. The third-order valence-corrected chi connectivity index (χ3v) is 6.07. The largest absolute Gasteiger partial charge is 0.448 e. The lowest BCUT2D eigenvalue weighted by molar-refractivity contribution is -0.0488. The van der Waals surface area contributed by atoms with Crippen molar-refractivity contribution < 1.29 is 9.53 Å². The minimum atomic E-state index is -0.167. The van der Waals surface area contributed by atoms with E-state index in [1.54, 1.807) is 4.90 Å². The molecule has 5 aliphatic rings. The molecular weight excluding hydrogens is 240 g/mol. The average molecular weight is 264 g/mol. The number of carbonyl (C=O) groups excluding carboxylic acids is 1. The summed E-state index contributed by atoms with van der Waals surface area (Å²) in [5.41, 5.74) is 6.49. The molecule has 1 aliphatic heterocycles. The molecule has 19 heavy (non-hydrogen) atoms. The van der Waals surface area contributed by atoms with Gasteiger partial charge in [0, 0.05) is 12.6 Å². The summed E-state index contributed by atoms with van der Waals surface area (Å²) in [6, 6.07) is 0.153. The first-order chi connectivity index (χ1) is 9.20. The Balaban J connectivity index is 1.45. The topological polar surface area (TPSA) is 55.6 Å². The molecule has 106 valence electrons. The first-order valence-corrected chi connectivity index (χ1v) is 7.88. The lowest BCUT2D eigenvalue weighted by atomic mass is 9.50. The molecule has 4 saturated carbocycles. The lowest BCUT2D eigenvalue weighted by Crippen LogP contribution is -2.54. The highest BCUT2D eigenvalue weighted by Crippen LogP contribution is 2.57. The number of carbonyl (C=O) groups is 1. The van der Waals surface area contributed by atoms with Gasteiger partial charge in [-0.05, 0) is 61.7 Å². The summed E-state index contributed by atoms with van der Waals surface area (Å²) in [5.74, 6) is 4.31. The molecule has 1 unspecified atom stereocenters. The molecule has 5 rings (SSSR count). The summed E-state index contributed by atoms with van der Waals surface area (Å²) in [5, 5.41) is 0. The molecule has 0 aromatic rings. The van der Waals surface area contributed by atoms with Gasteiger partial charge in [-0.25, -0.2) is 4.79 Å². The van der Waals surface area contributed by atoms with Crippen molar-refractivity contribution in [3.63, 3.8) is 0 Å². The fourth-order valence-corrected chi connectivity index (χ4v) is 5.63. The van der Waals surface area contributed by atoms with E-state index < -0.39 is 0 Å². The molecule has 1 heterocycles. The molecule has 4 nitrogen and oxygen atoms in total. The zero-order valence-electron chi connectivity index (χ0n) is 11.5. The van der Waals surface area contributed by atoms with Gasteiger partial charge < -0.3 is 15.4 Å². The third kappa shape index (κ3) is 1.95. The molecule has 1 atom stereocenters. The van der Waals surface area contributed by atoms with E-state index in [2.05, 4.69) is 0 Å². The highest BCUT2D eigenvalue weighted by atomic mass is 16.6. The molecule has 0 aromatic heterocycles. The number of nitrogens with two attached hydrogens (primary N) is 1. The molecule has 2 N–H and O–H groups in total. The van der Waals surface area contributed by atoms with Crippen molar-refractivity contribution in [2.24, 2.45) is 35.3 Å². The normalized spacial score (nSPS) is 45.6. The minimum absolute atomic E-state index is 0.153. The molecule has 0 radical (unpaired) electrons. The number of hydrogen-bond acceptors (Lipinski definition) is 3. The van der Waals surface area contributed by atoms with Gasteiger partial charge in [0.1, 0.15) is 6.61 Å². The molecule has 1 saturated heterocycles. The Morgan fingerprint density at radius 1 is 1.16 bits per heavy atom. The van der Waals surface area contributed by atoms with E-state index in [0.717, 1.165) is 30.2 Å². The van der Waals surface area contributed by atoms with Crippen LogP contribution < -0.4 is 5.73 Å². The van der Waals surface area contributed by atoms with Gasteiger partial charge >= 0.3 is 6.09 Å². The monoisotopic (exact) mass is 264 g/mol. The van der Waals surface area contributed by atoms with Gasteiger partial charge in [0.25, 0.3) is 0 Å². The van der Waals surface area contributed by atoms with Crippen LogP contribution in [0.3, 0.4) is 0 Å². The van der Waals surface area contributed by atoms with Gasteiger partial charge in [-0.1, -0.05) is 0 Å². The summed E-state index contributed by atoms with van der Waals surface area (Å²) in [6.07, 6.45) is 6.91. The fourth-order valence-electron chi connectivity index (χ4n) is 5.63. The van der Waals surface area contributed by atoms with E-state index >= 15 is 0 Å². The van der Waals surface area contributed by atoms with Crippen LogP contribution in [0, 0.1) is 29.6 Å². The fraction of sp³-hybridized carbons (Fsp3) is 0.933.